The number of benzene rings is 3. The molecule has 164 valence electrons. The van der Waals surface area contributed by atoms with Gasteiger partial charge in [0.2, 0.25) is 5.91 Å². The molecule has 1 atom stereocenters. The Morgan fingerprint density at radius 1 is 1.06 bits per heavy atom. The van der Waals surface area contributed by atoms with Crippen LogP contribution in [0.15, 0.2) is 72.8 Å². The lowest BCUT2D eigenvalue weighted by atomic mass is 9.94. The van der Waals surface area contributed by atoms with Gasteiger partial charge in [-0.05, 0) is 53.8 Å². The predicted molar refractivity (Wildman–Crippen MR) is 126 cm³/mol. The fourth-order valence-corrected chi connectivity index (χ4v) is 4.23. The van der Waals surface area contributed by atoms with Gasteiger partial charge in [0.05, 0.1) is 13.0 Å². The first-order valence-electron chi connectivity index (χ1n) is 10.9. The number of amides is 2. The molecule has 0 aliphatic carbocycles. The molecule has 1 aliphatic rings. The Balaban J connectivity index is 1.54. The zero-order valence-corrected chi connectivity index (χ0v) is 18.5. The van der Waals surface area contributed by atoms with Crippen molar-refractivity contribution in [3.63, 3.8) is 0 Å². The monoisotopic (exact) mass is 428 g/mol. The molecule has 1 fully saturated rings. The molecule has 1 N–H and O–H groups in total. The van der Waals surface area contributed by atoms with Gasteiger partial charge in [0.1, 0.15) is 5.75 Å². The second kappa shape index (κ2) is 9.69. The minimum Gasteiger partial charge on any atom is -0.497 e. The van der Waals surface area contributed by atoms with Crippen molar-refractivity contribution in [2.75, 3.05) is 26.7 Å². The van der Waals surface area contributed by atoms with E-state index in [1.54, 1.807) is 24.1 Å². The van der Waals surface area contributed by atoms with Gasteiger partial charge >= 0.3 is 0 Å². The molecule has 3 aromatic rings. The van der Waals surface area contributed by atoms with E-state index in [4.69, 9.17) is 4.74 Å². The molecule has 5 heteroatoms. The van der Waals surface area contributed by atoms with Crippen molar-refractivity contribution < 1.29 is 14.3 Å². The number of hydrogen-bond donors (Lipinski definition) is 1. The maximum absolute atomic E-state index is 13.1. The molecule has 0 spiro atoms. The molecule has 0 aromatic heterocycles. The van der Waals surface area contributed by atoms with Gasteiger partial charge in [-0.2, -0.15) is 0 Å². The number of ether oxygens (including phenoxy) is 1. The Morgan fingerprint density at radius 3 is 2.69 bits per heavy atom. The summed E-state index contributed by atoms with van der Waals surface area (Å²) in [5.41, 5.74) is 5.20. The molecule has 3 aromatic carbocycles. The van der Waals surface area contributed by atoms with Gasteiger partial charge < -0.3 is 15.0 Å². The van der Waals surface area contributed by atoms with Crippen LogP contribution in [0.2, 0.25) is 0 Å². The van der Waals surface area contributed by atoms with Crippen LogP contribution in [-0.2, 0) is 11.2 Å². The molecule has 1 aliphatic heterocycles. The van der Waals surface area contributed by atoms with Crippen molar-refractivity contribution >= 4 is 11.8 Å². The number of carbonyl (C=O) groups excluding carboxylic acids is 2. The van der Waals surface area contributed by atoms with E-state index in [0.717, 1.165) is 11.1 Å². The van der Waals surface area contributed by atoms with Gasteiger partial charge in [-0.15, -0.1) is 0 Å². The number of hydrogen-bond acceptors (Lipinski definition) is 3. The maximum atomic E-state index is 13.1. The third-order valence-corrected chi connectivity index (χ3v) is 5.96. The zero-order valence-electron chi connectivity index (χ0n) is 18.5. The summed E-state index contributed by atoms with van der Waals surface area (Å²) in [7, 11) is 1.58. The SMILES string of the molecule is COc1cccc(C(=O)N2CCNC(=O)[C@H](Cc3cccc(-c4ccccc4C)c3)C2)c1. The number of aryl methyl sites for hydroxylation is 1. The van der Waals surface area contributed by atoms with Gasteiger partial charge in [0.15, 0.2) is 0 Å². The van der Waals surface area contributed by atoms with Crippen molar-refractivity contribution in [1.29, 1.82) is 0 Å². The number of nitrogens with zero attached hydrogens (tertiary/aromatic N) is 1. The second-order valence-electron chi connectivity index (χ2n) is 8.19. The van der Waals surface area contributed by atoms with Crippen LogP contribution in [0.25, 0.3) is 11.1 Å². The molecule has 0 unspecified atom stereocenters. The highest BCUT2D eigenvalue weighted by Gasteiger charge is 2.28. The largest absolute Gasteiger partial charge is 0.497 e. The lowest BCUT2D eigenvalue weighted by molar-refractivity contribution is -0.124. The Morgan fingerprint density at radius 2 is 1.88 bits per heavy atom. The third-order valence-electron chi connectivity index (χ3n) is 5.96. The summed E-state index contributed by atoms with van der Waals surface area (Å²) in [5, 5.41) is 2.97. The highest BCUT2D eigenvalue weighted by Crippen LogP contribution is 2.25. The highest BCUT2D eigenvalue weighted by atomic mass is 16.5. The molecule has 32 heavy (non-hydrogen) atoms. The Hall–Kier alpha value is -3.60. The van der Waals surface area contributed by atoms with Crippen LogP contribution in [0, 0.1) is 12.8 Å². The van der Waals surface area contributed by atoms with E-state index < -0.39 is 0 Å². The Bertz CT molecular complexity index is 1130. The van der Waals surface area contributed by atoms with E-state index >= 15 is 0 Å². The minimum atomic E-state index is -0.306. The van der Waals surface area contributed by atoms with Gasteiger partial charge in [0, 0.05) is 25.2 Å². The number of carbonyl (C=O) groups is 2. The number of methoxy groups -OCH3 is 1. The second-order valence-corrected chi connectivity index (χ2v) is 8.19. The number of rotatable bonds is 5. The first kappa shape index (κ1) is 21.6. The smallest absolute Gasteiger partial charge is 0.254 e. The van der Waals surface area contributed by atoms with Crippen LogP contribution in [-0.4, -0.2) is 43.5 Å². The third kappa shape index (κ3) is 4.83. The van der Waals surface area contributed by atoms with E-state index in [1.165, 1.54) is 11.1 Å². The quantitative estimate of drug-likeness (QED) is 0.666. The number of nitrogens with one attached hydrogen (secondary N) is 1. The summed E-state index contributed by atoms with van der Waals surface area (Å²) < 4.78 is 5.25. The predicted octanol–water partition coefficient (Wildman–Crippen LogP) is 4.10. The van der Waals surface area contributed by atoms with Crippen molar-refractivity contribution in [2.45, 2.75) is 13.3 Å². The highest BCUT2D eigenvalue weighted by molar-refractivity contribution is 5.95. The maximum Gasteiger partial charge on any atom is 0.254 e. The van der Waals surface area contributed by atoms with Crippen LogP contribution in [0.1, 0.15) is 21.5 Å². The summed E-state index contributed by atoms with van der Waals surface area (Å²) >= 11 is 0. The van der Waals surface area contributed by atoms with Crippen molar-refractivity contribution in [3.05, 3.63) is 89.5 Å². The lowest BCUT2D eigenvalue weighted by Crippen LogP contribution is -2.37. The average Bonchev–Trinajstić information content (AvgIpc) is 3.00. The standard InChI is InChI=1S/C27H28N2O3/c1-19-7-3-4-12-25(19)21-9-5-8-20(15-21)16-23-18-29(14-13-28-26(23)30)27(31)22-10-6-11-24(17-22)32-2/h3-12,15,17,23H,13-14,16,18H2,1-2H3,(H,28,30)/t23-/m1/s1. The molecule has 5 nitrogen and oxygen atoms in total. The van der Waals surface area contributed by atoms with E-state index in [1.807, 2.05) is 36.4 Å². The van der Waals surface area contributed by atoms with Gasteiger partial charge in [-0.3, -0.25) is 9.59 Å². The van der Waals surface area contributed by atoms with Crippen molar-refractivity contribution in [1.82, 2.24) is 10.2 Å². The van der Waals surface area contributed by atoms with Crippen LogP contribution < -0.4 is 10.1 Å². The molecule has 0 radical (unpaired) electrons. The summed E-state index contributed by atoms with van der Waals surface area (Å²) in [4.78, 5) is 27.7. The van der Waals surface area contributed by atoms with Crippen molar-refractivity contribution in [2.24, 2.45) is 5.92 Å². The fourth-order valence-electron chi connectivity index (χ4n) is 4.23. The average molecular weight is 429 g/mol. The Labute approximate surface area is 189 Å². The topological polar surface area (TPSA) is 58.6 Å². The van der Waals surface area contributed by atoms with E-state index in [-0.39, 0.29) is 17.7 Å². The summed E-state index contributed by atoms with van der Waals surface area (Å²) in [6.07, 6.45) is 0.577. The van der Waals surface area contributed by atoms with Crippen LogP contribution >= 0.6 is 0 Å². The van der Waals surface area contributed by atoms with Gasteiger partial charge in [0.25, 0.3) is 5.91 Å². The fraction of sp³-hybridized carbons (Fsp3) is 0.259. The lowest BCUT2D eigenvalue weighted by Gasteiger charge is -2.23. The molecule has 1 saturated heterocycles. The molecule has 0 bridgehead atoms. The Kier molecular flexibility index (Phi) is 6.55. The van der Waals surface area contributed by atoms with Crippen LogP contribution in [0.4, 0.5) is 0 Å². The van der Waals surface area contributed by atoms with Crippen molar-refractivity contribution in [3.8, 4) is 16.9 Å². The van der Waals surface area contributed by atoms with Crippen LogP contribution in [0.3, 0.4) is 0 Å². The van der Waals surface area contributed by atoms with E-state index in [9.17, 15) is 9.59 Å². The van der Waals surface area contributed by atoms with Gasteiger partial charge in [-0.25, -0.2) is 0 Å². The van der Waals surface area contributed by atoms with E-state index in [0.29, 0.717) is 37.4 Å². The molecular weight excluding hydrogens is 400 g/mol. The summed E-state index contributed by atoms with van der Waals surface area (Å²) in [6.45, 7) is 3.43. The molecule has 1 heterocycles. The minimum absolute atomic E-state index is 0.00719. The van der Waals surface area contributed by atoms with E-state index in [2.05, 4.69) is 36.5 Å². The molecular formula is C27H28N2O3. The van der Waals surface area contributed by atoms with Gasteiger partial charge in [-0.1, -0.05) is 54.6 Å². The molecule has 0 saturated carbocycles. The normalized spacial score (nSPS) is 16.2. The first-order chi connectivity index (χ1) is 15.5. The zero-order chi connectivity index (χ0) is 22.5. The molecule has 4 rings (SSSR count). The summed E-state index contributed by atoms with van der Waals surface area (Å²) in [5.74, 6) is 0.245. The van der Waals surface area contributed by atoms with Crippen LogP contribution in [0.5, 0.6) is 5.75 Å². The summed E-state index contributed by atoms with van der Waals surface area (Å²) in [6, 6.07) is 23.8. The molecule has 2 amide bonds. The first-order valence-corrected chi connectivity index (χ1v) is 10.9.